The lowest BCUT2D eigenvalue weighted by molar-refractivity contribution is -0.148. The molecule has 0 bridgehead atoms. The van der Waals surface area contributed by atoms with Crippen LogP contribution in [0.3, 0.4) is 0 Å². The van der Waals surface area contributed by atoms with Gasteiger partial charge in [0.1, 0.15) is 0 Å². The molecule has 0 atom stereocenters. The number of methoxy groups -OCH3 is 1. The first-order chi connectivity index (χ1) is 7.20. The van der Waals surface area contributed by atoms with Crippen molar-refractivity contribution in [2.24, 2.45) is 5.92 Å². The highest BCUT2D eigenvalue weighted by Gasteiger charge is 2.35. The van der Waals surface area contributed by atoms with Crippen LogP contribution in [-0.4, -0.2) is 13.1 Å². The van der Waals surface area contributed by atoms with Gasteiger partial charge >= 0.3 is 5.97 Å². The van der Waals surface area contributed by atoms with E-state index in [9.17, 15) is 4.79 Å². The molecule has 1 aromatic carbocycles. The van der Waals surface area contributed by atoms with Gasteiger partial charge in [-0.15, -0.1) is 0 Å². The second-order valence-electron chi connectivity index (χ2n) is 4.30. The quantitative estimate of drug-likeness (QED) is 0.692. The zero-order chi connectivity index (χ0) is 10.8. The second kappa shape index (κ2) is 4.05. The zero-order valence-electron chi connectivity index (χ0n) is 9.19. The third-order valence-electron chi connectivity index (χ3n) is 3.22. The number of carbonyl (C=O) groups is 1. The summed E-state index contributed by atoms with van der Waals surface area (Å²) in [5, 5.41) is 0. The van der Waals surface area contributed by atoms with Gasteiger partial charge in [-0.1, -0.05) is 29.8 Å². The molecule has 80 valence electrons. The van der Waals surface area contributed by atoms with Crippen molar-refractivity contribution in [3.8, 4) is 0 Å². The maximum atomic E-state index is 11.2. The lowest BCUT2D eigenvalue weighted by atomic mass is 9.71. The minimum absolute atomic E-state index is 0.0571. The molecule has 2 rings (SSSR count). The van der Waals surface area contributed by atoms with Crippen molar-refractivity contribution in [3.63, 3.8) is 0 Å². The van der Waals surface area contributed by atoms with E-state index in [1.54, 1.807) is 0 Å². The van der Waals surface area contributed by atoms with Crippen LogP contribution >= 0.6 is 0 Å². The highest BCUT2D eigenvalue weighted by Crippen LogP contribution is 2.42. The first-order valence-electron chi connectivity index (χ1n) is 5.35. The molecule has 0 unspecified atom stereocenters. The van der Waals surface area contributed by atoms with Gasteiger partial charge < -0.3 is 4.74 Å². The molecular formula is C13H16O2. The van der Waals surface area contributed by atoms with E-state index in [0.29, 0.717) is 5.92 Å². The highest BCUT2D eigenvalue weighted by atomic mass is 16.5. The molecule has 1 fully saturated rings. The summed E-state index contributed by atoms with van der Waals surface area (Å²) >= 11 is 0. The van der Waals surface area contributed by atoms with Crippen LogP contribution in [0.25, 0.3) is 0 Å². The van der Waals surface area contributed by atoms with Crippen LogP contribution in [0.4, 0.5) is 0 Å². The summed E-state index contributed by atoms with van der Waals surface area (Å²) < 4.78 is 4.72. The Morgan fingerprint density at radius 2 is 1.87 bits per heavy atom. The Morgan fingerprint density at radius 3 is 2.40 bits per heavy atom. The average molecular weight is 204 g/mol. The summed E-state index contributed by atoms with van der Waals surface area (Å²) in [6.45, 7) is 2.09. The van der Waals surface area contributed by atoms with Gasteiger partial charge in [-0.25, -0.2) is 0 Å². The van der Waals surface area contributed by atoms with E-state index in [0.717, 1.165) is 12.8 Å². The Balaban J connectivity index is 1.94. The number of benzene rings is 1. The van der Waals surface area contributed by atoms with Gasteiger partial charge in [0.05, 0.1) is 13.0 Å². The van der Waals surface area contributed by atoms with Gasteiger partial charge in [0.15, 0.2) is 0 Å². The fourth-order valence-electron chi connectivity index (χ4n) is 2.09. The predicted molar refractivity (Wildman–Crippen MR) is 58.7 cm³/mol. The molecule has 15 heavy (non-hydrogen) atoms. The summed E-state index contributed by atoms with van der Waals surface area (Å²) in [5.41, 5.74) is 2.63. The topological polar surface area (TPSA) is 26.3 Å². The highest BCUT2D eigenvalue weighted by molar-refractivity contribution is 5.73. The maximum absolute atomic E-state index is 11.2. The molecule has 0 saturated heterocycles. The van der Waals surface area contributed by atoms with Gasteiger partial charge in [-0.05, 0) is 31.2 Å². The third-order valence-corrected chi connectivity index (χ3v) is 3.22. The lowest BCUT2D eigenvalue weighted by Gasteiger charge is -2.33. The number of hydrogen-bond acceptors (Lipinski definition) is 2. The summed E-state index contributed by atoms with van der Waals surface area (Å²) in [6, 6.07) is 8.57. The molecule has 1 aliphatic carbocycles. The average Bonchev–Trinajstić information content (AvgIpc) is 2.18. The Kier molecular flexibility index (Phi) is 2.76. The molecule has 1 saturated carbocycles. The van der Waals surface area contributed by atoms with Crippen molar-refractivity contribution in [3.05, 3.63) is 35.4 Å². The van der Waals surface area contributed by atoms with Crippen LogP contribution in [0.15, 0.2) is 24.3 Å². The van der Waals surface area contributed by atoms with Gasteiger partial charge in [0, 0.05) is 0 Å². The number of aryl methyl sites for hydroxylation is 1. The van der Waals surface area contributed by atoms with Crippen LogP contribution in [0.5, 0.6) is 0 Å². The van der Waals surface area contributed by atoms with Crippen LogP contribution in [0, 0.1) is 12.8 Å². The van der Waals surface area contributed by atoms with Gasteiger partial charge in [0.2, 0.25) is 0 Å². The van der Waals surface area contributed by atoms with Crippen molar-refractivity contribution in [1.29, 1.82) is 0 Å². The zero-order valence-corrected chi connectivity index (χ0v) is 9.19. The second-order valence-corrected chi connectivity index (χ2v) is 4.30. The van der Waals surface area contributed by atoms with Crippen molar-refractivity contribution in [2.75, 3.05) is 7.11 Å². The van der Waals surface area contributed by atoms with Gasteiger partial charge in [0.25, 0.3) is 0 Å². The number of hydrogen-bond donors (Lipinski definition) is 0. The summed E-state index contributed by atoms with van der Waals surface area (Å²) in [4.78, 5) is 11.2. The molecule has 1 aliphatic rings. The molecule has 0 amide bonds. The van der Waals surface area contributed by atoms with E-state index in [-0.39, 0.29) is 11.9 Å². The Hall–Kier alpha value is -1.31. The number of carbonyl (C=O) groups excluding carboxylic acids is 1. The van der Waals surface area contributed by atoms with Crippen LogP contribution < -0.4 is 0 Å². The normalized spacial score (nSPS) is 24.4. The molecule has 2 heteroatoms. The van der Waals surface area contributed by atoms with E-state index in [2.05, 4.69) is 31.2 Å². The summed E-state index contributed by atoms with van der Waals surface area (Å²) in [5.74, 6) is 0.620. The molecule has 0 heterocycles. The molecule has 0 spiro atoms. The summed E-state index contributed by atoms with van der Waals surface area (Å²) in [6.07, 6.45) is 1.88. The first-order valence-corrected chi connectivity index (χ1v) is 5.35. The Labute approximate surface area is 90.3 Å². The van der Waals surface area contributed by atoms with Crippen molar-refractivity contribution in [1.82, 2.24) is 0 Å². The Morgan fingerprint density at radius 1 is 1.27 bits per heavy atom. The van der Waals surface area contributed by atoms with E-state index < -0.39 is 0 Å². The van der Waals surface area contributed by atoms with E-state index in [4.69, 9.17) is 4.74 Å². The smallest absolute Gasteiger partial charge is 0.308 e. The minimum atomic E-state index is -0.0571. The predicted octanol–water partition coefficient (Wildman–Crippen LogP) is 2.66. The Bertz CT molecular complexity index is 347. The SMILES string of the molecule is COC(=O)C1CC(c2ccc(C)cc2)C1. The van der Waals surface area contributed by atoms with Gasteiger partial charge in [-0.3, -0.25) is 4.79 Å². The van der Waals surface area contributed by atoms with E-state index in [1.165, 1.54) is 18.2 Å². The van der Waals surface area contributed by atoms with E-state index in [1.807, 2.05) is 0 Å². The number of ether oxygens (including phenoxy) is 1. The summed E-state index contributed by atoms with van der Waals surface area (Å²) in [7, 11) is 1.46. The molecule has 0 N–H and O–H groups in total. The van der Waals surface area contributed by atoms with Crippen LogP contribution in [0.1, 0.15) is 29.9 Å². The van der Waals surface area contributed by atoms with Crippen LogP contribution in [0.2, 0.25) is 0 Å². The molecule has 0 aromatic heterocycles. The molecule has 2 nitrogen and oxygen atoms in total. The van der Waals surface area contributed by atoms with Gasteiger partial charge in [-0.2, -0.15) is 0 Å². The minimum Gasteiger partial charge on any atom is -0.469 e. The third kappa shape index (κ3) is 2.04. The molecule has 0 aliphatic heterocycles. The van der Waals surface area contributed by atoms with E-state index >= 15 is 0 Å². The maximum Gasteiger partial charge on any atom is 0.308 e. The fourth-order valence-corrected chi connectivity index (χ4v) is 2.09. The standard InChI is InChI=1S/C13H16O2/c1-9-3-5-10(6-4-9)11-7-12(8-11)13(14)15-2/h3-6,11-12H,7-8H2,1-2H3. The number of rotatable bonds is 2. The monoisotopic (exact) mass is 204 g/mol. The van der Waals surface area contributed by atoms with Crippen molar-refractivity contribution in [2.45, 2.75) is 25.7 Å². The fraction of sp³-hybridized carbons (Fsp3) is 0.462. The molecule has 1 aromatic rings. The molecule has 0 radical (unpaired) electrons. The lowest BCUT2D eigenvalue weighted by Crippen LogP contribution is -2.29. The van der Waals surface area contributed by atoms with Crippen LogP contribution in [-0.2, 0) is 9.53 Å². The number of esters is 1. The van der Waals surface area contributed by atoms with Crippen molar-refractivity contribution < 1.29 is 9.53 Å². The first kappa shape index (κ1) is 10.2. The largest absolute Gasteiger partial charge is 0.469 e. The van der Waals surface area contributed by atoms with Crippen molar-refractivity contribution >= 4 is 5.97 Å². The molecular weight excluding hydrogens is 188 g/mol.